The molecule has 0 radical (unpaired) electrons. The molecule has 2 aromatic carbocycles. The molecule has 0 saturated carbocycles. The number of halogens is 4. The largest absolute Gasteiger partial charge is 0.416 e. The van der Waals surface area contributed by atoms with Gasteiger partial charge in [-0.3, -0.25) is 4.79 Å². The Labute approximate surface area is 164 Å². The van der Waals surface area contributed by atoms with Gasteiger partial charge in [-0.2, -0.15) is 13.2 Å². The fourth-order valence-corrected chi connectivity index (χ4v) is 3.14. The van der Waals surface area contributed by atoms with Crippen LogP contribution < -0.4 is 10.6 Å². The topological polar surface area (TPSA) is 61.4 Å². The fourth-order valence-electron chi connectivity index (χ4n) is 3.14. The van der Waals surface area contributed by atoms with Crippen LogP contribution in [0, 0.1) is 11.7 Å². The summed E-state index contributed by atoms with van der Waals surface area (Å²) < 4.78 is 51.1. The third-order valence-corrected chi connectivity index (χ3v) is 4.58. The fraction of sp³-hybridized carbons (Fsp3) is 0.300. The minimum absolute atomic E-state index is 0.0257. The second-order valence-electron chi connectivity index (χ2n) is 6.88. The van der Waals surface area contributed by atoms with Gasteiger partial charge in [0.1, 0.15) is 5.82 Å². The van der Waals surface area contributed by atoms with E-state index in [2.05, 4.69) is 10.6 Å². The van der Waals surface area contributed by atoms with E-state index < -0.39 is 17.8 Å². The number of benzene rings is 2. The van der Waals surface area contributed by atoms with Crippen molar-refractivity contribution in [3.05, 3.63) is 65.5 Å². The van der Waals surface area contributed by atoms with Gasteiger partial charge < -0.3 is 15.5 Å². The SMILES string of the molecule is O=C(NCC1CC(=O)N(Cc2ccc(F)cc2)C1)Nc1cccc(C(F)(F)F)c1. The molecular weight excluding hydrogens is 390 g/mol. The second kappa shape index (κ2) is 8.50. The van der Waals surface area contributed by atoms with Crippen molar-refractivity contribution in [1.29, 1.82) is 0 Å². The highest BCUT2D eigenvalue weighted by atomic mass is 19.4. The van der Waals surface area contributed by atoms with Crippen LogP contribution in [0.2, 0.25) is 0 Å². The van der Waals surface area contributed by atoms with Gasteiger partial charge in [0.15, 0.2) is 0 Å². The lowest BCUT2D eigenvalue weighted by atomic mass is 10.1. The maximum Gasteiger partial charge on any atom is 0.416 e. The highest BCUT2D eigenvalue weighted by Crippen LogP contribution is 2.30. The zero-order valence-electron chi connectivity index (χ0n) is 15.3. The number of carbonyl (C=O) groups is 2. The monoisotopic (exact) mass is 409 g/mol. The molecule has 1 aliphatic heterocycles. The molecule has 1 aliphatic rings. The van der Waals surface area contributed by atoms with Gasteiger partial charge in [-0.25, -0.2) is 9.18 Å². The summed E-state index contributed by atoms with van der Waals surface area (Å²) in [6.07, 6.45) is -4.24. The van der Waals surface area contributed by atoms with Gasteiger partial charge in [-0.05, 0) is 35.9 Å². The van der Waals surface area contributed by atoms with E-state index in [1.54, 1.807) is 17.0 Å². The van der Waals surface area contributed by atoms with Crippen LogP contribution in [0.1, 0.15) is 17.5 Å². The molecule has 3 rings (SSSR count). The molecule has 1 unspecified atom stereocenters. The van der Waals surface area contributed by atoms with Crippen molar-refractivity contribution in [3.63, 3.8) is 0 Å². The van der Waals surface area contributed by atoms with Crippen molar-refractivity contribution in [2.45, 2.75) is 19.1 Å². The molecule has 1 fully saturated rings. The van der Waals surface area contributed by atoms with Crippen LogP contribution >= 0.6 is 0 Å². The number of carbonyl (C=O) groups excluding carboxylic acids is 2. The number of amides is 3. The lowest BCUT2D eigenvalue weighted by Gasteiger charge is -2.17. The van der Waals surface area contributed by atoms with E-state index in [-0.39, 0.29) is 36.3 Å². The number of hydrogen-bond donors (Lipinski definition) is 2. The average molecular weight is 409 g/mol. The quantitative estimate of drug-likeness (QED) is 0.733. The molecule has 0 bridgehead atoms. The first kappa shape index (κ1) is 20.6. The molecular formula is C20H19F4N3O2. The summed E-state index contributed by atoms with van der Waals surface area (Å²) in [5.41, 5.74) is -0.0264. The van der Waals surface area contributed by atoms with Crippen molar-refractivity contribution >= 4 is 17.6 Å². The zero-order valence-corrected chi connectivity index (χ0v) is 15.3. The van der Waals surface area contributed by atoms with Gasteiger partial charge >= 0.3 is 12.2 Å². The van der Waals surface area contributed by atoms with Gasteiger partial charge in [-0.15, -0.1) is 0 Å². The molecule has 1 atom stereocenters. The van der Waals surface area contributed by atoms with Crippen LogP contribution in [-0.2, 0) is 17.5 Å². The number of nitrogens with one attached hydrogen (secondary N) is 2. The minimum atomic E-state index is -4.49. The van der Waals surface area contributed by atoms with Crippen molar-refractivity contribution in [2.75, 3.05) is 18.4 Å². The number of likely N-dealkylation sites (tertiary alicyclic amines) is 1. The van der Waals surface area contributed by atoms with Crippen molar-refractivity contribution in [1.82, 2.24) is 10.2 Å². The van der Waals surface area contributed by atoms with Crippen LogP contribution in [0.5, 0.6) is 0 Å². The Bertz CT molecular complexity index is 884. The summed E-state index contributed by atoms with van der Waals surface area (Å²) in [6, 6.07) is 9.56. The Balaban J connectivity index is 1.48. The number of hydrogen-bond acceptors (Lipinski definition) is 2. The van der Waals surface area contributed by atoms with Gasteiger partial charge in [0.25, 0.3) is 0 Å². The first-order valence-electron chi connectivity index (χ1n) is 8.95. The highest BCUT2D eigenvalue weighted by molar-refractivity contribution is 5.89. The molecule has 3 amide bonds. The van der Waals surface area contributed by atoms with Crippen LogP contribution in [0.4, 0.5) is 28.0 Å². The predicted octanol–water partition coefficient (Wildman–Crippen LogP) is 4.01. The second-order valence-corrected chi connectivity index (χ2v) is 6.88. The molecule has 0 aliphatic carbocycles. The molecule has 0 spiro atoms. The number of nitrogens with zero attached hydrogens (tertiary/aromatic N) is 1. The van der Waals surface area contributed by atoms with Gasteiger partial charge in [0.05, 0.1) is 5.56 Å². The Morgan fingerprint density at radius 2 is 1.86 bits per heavy atom. The summed E-state index contributed by atoms with van der Waals surface area (Å²) in [5.74, 6) is -0.537. The maximum atomic E-state index is 13.0. The van der Waals surface area contributed by atoms with E-state index in [0.717, 1.165) is 17.7 Å². The normalized spacial score (nSPS) is 16.8. The van der Waals surface area contributed by atoms with Crippen molar-refractivity contribution < 1.29 is 27.2 Å². The maximum absolute atomic E-state index is 13.0. The summed E-state index contributed by atoms with van der Waals surface area (Å²) in [4.78, 5) is 25.7. The third-order valence-electron chi connectivity index (χ3n) is 4.58. The molecule has 154 valence electrons. The predicted molar refractivity (Wildman–Crippen MR) is 98.4 cm³/mol. The highest BCUT2D eigenvalue weighted by Gasteiger charge is 2.31. The lowest BCUT2D eigenvalue weighted by Crippen LogP contribution is -2.34. The Morgan fingerprint density at radius 1 is 1.14 bits per heavy atom. The summed E-state index contributed by atoms with van der Waals surface area (Å²) in [7, 11) is 0. The van der Waals surface area contributed by atoms with E-state index in [1.165, 1.54) is 24.3 Å². The summed E-state index contributed by atoms with van der Waals surface area (Å²) in [5, 5.41) is 4.95. The number of urea groups is 1. The molecule has 2 aromatic rings. The lowest BCUT2D eigenvalue weighted by molar-refractivity contribution is -0.137. The summed E-state index contributed by atoms with van der Waals surface area (Å²) in [6.45, 7) is 0.989. The molecule has 5 nitrogen and oxygen atoms in total. The van der Waals surface area contributed by atoms with E-state index in [4.69, 9.17) is 0 Å². The van der Waals surface area contributed by atoms with Crippen LogP contribution in [0.25, 0.3) is 0 Å². The van der Waals surface area contributed by atoms with Gasteiger partial charge in [-0.1, -0.05) is 18.2 Å². The molecule has 0 aromatic heterocycles. The van der Waals surface area contributed by atoms with Crippen molar-refractivity contribution in [2.24, 2.45) is 5.92 Å². The van der Waals surface area contributed by atoms with E-state index in [1.807, 2.05) is 0 Å². The zero-order chi connectivity index (χ0) is 21.0. The summed E-state index contributed by atoms with van der Waals surface area (Å²) >= 11 is 0. The van der Waals surface area contributed by atoms with E-state index >= 15 is 0 Å². The van der Waals surface area contributed by atoms with E-state index in [0.29, 0.717) is 13.1 Å². The van der Waals surface area contributed by atoms with Crippen LogP contribution in [0.3, 0.4) is 0 Å². The molecule has 9 heteroatoms. The van der Waals surface area contributed by atoms with Gasteiger partial charge in [0, 0.05) is 37.7 Å². The minimum Gasteiger partial charge on any atom is -0.338 e. The Kier molecular flexibility index (Phi) is 6.05. The molecule has 29 heavy (non-hydrogen) atoms. The molecule has 2 N–H and O–H groups in total. The van der Waals surface area contributed by atoms with Crippen molar-refractivity contribution in [3.8, 4) is 0 Å². The Hall–Kier alpha value is -3.10. The number of alkyl halides is 3. The van der Waals surface area contributed by atoms with Crippen LogP contribution in [-0.4, -0.2) is 29.9 Å². The Morgan fingerprint density at radius 3 is 2.55 bits per heavy atom. The number of anilines is 1. The van der Waals surface area contributed by atoms with E-state index in [9.17, 15) is 27.2 Å². The first-order chi connectivity index (χ1) is 13.7. The third kappa shape index (κ3) is 5.69. The average Bonchev–Trinajstić information content (AvgIpc) is 3.01. The number of rotatable bonds is 5. The van der Waals surface area contributed by atoms with Crippen LogP contribution in [0.15, 0.2) is 48.5 Å². The molecule has 1 saturated heterocycles. The first-order valence-corrected chi connectivity index (χ1v) is 8.95. The smallest absolute Gasteiger partial charge is 0.338 e. The molecule has 1 heterocycles. The standard InChI is InChI=1S/C20H19F4N3O2/c21-16-6-4-13(5-7-16)11-27-12-14(8-18(27)28)10-25-19(29)26-17-3-1-2-15(9-17)20(22,23)24/h1-7,9,14H,8,10-12H2,(H2,25,26,29). The van der Waals surface area contributed by atoms with Gasteiger partial charge in [0.2, 0.25) is 5.91 Å².